The van der Waals surface area contributed by atoms with Crippen molar-refractivity contribution in [3.8, 4) is 0 Å². The van der Waals surface area contributed by atoms with Crippen LogP contribution in [0.15, 0.2) is 41.3 Å². The van der Waals surface area contributed by atoms with E-state index in [9.17, 15) is 0 Å². The lowest BCUT2D eigenvalue weighted by molar-refractivity contribution is 0.960. The third-order valence-electron chi connectivity index (χ3n) is 2.56. The first-order valence-electron chi connectivity index (χ1n) is 5.69. The van der Waals surface area contributed by atoms with Crippen molar-refractivity contribution in [1.82, 2.24) is 0 Å². The smallest absolute Gasteiger partial charge is 0.0560 e. The fourth-order valence-electron chi connectivity index (χ4n) is 1.70. The molecular weight excluding hydrogens is 246 g/mol. The van der Waals surface area contributed by atoms with E-state index in [2.05, 4.69) is 50.2 Å². The summed E-state index contributed by atoms with van der Waals surface area (Å²) in [5.41, 5.74) is 7.18. The molecule has 0 saturated carbocycles. The molecule has 2 rings (SSSR count). The number of nitrogens with two attached hydrogens (primary N) is 1. The van der Waals surface area contributed by atoms with E-state index in [1.807, 2.05) is 23.1 Å². The minimum absolute atomic E-state index is 0.371. The van der Waals surface area contributed by atoms with Gasteiger partial charge in [-0.2, -0.15) is 0 Å². The van der Waals surface area contributed by atoms with E-state index in [0.29, 0.717) is 11.8 Å². The summed E-state index contributed by atoms with van der Waals surface area (Å²) < 4.78 is 0. The second-order valence-corrected chi connectivity index (χ2v) is 6.70. The molecule has 0 spiro atoms. The average molecular weight is 263 g/mol. The highest BCUT2D eigenvalue weighted by atomic mass is 32.2. The van der Waals surface area contributed by atoms with Crippen LogP contribution in [-0.4, -0.2) is 6.54 Å². The van der Waals surface area contributed by atoms with Crippen LogP contribution in [0.25, 0.3) is 0 Å². The van der Waals surface area contributed by atoms with Gasteiger partial charge in [0.25, 0.3) is 0 Å². The maximum atomic E-state index is 5.89. The van der Waals surface area contributed by atoms with Gasteiger partial charge in [-0.15, -0.1) is 23.1 Å². The van der Waals surface area contributed by atoms with E-state index < -0.39 is 0 Å². The number of thioether (sulfide) groups is 1. The van der Waals surface area contributed by atoms with Crippen molar-refractivity contribution in [2.75, 3.05) is 6.54 Å². The van der Waals surface area contributed by atoms with Gasteiger partial charge in [-0.05, 0) is 38.1 Å². The first-order valence-corrected chi connectivity index (χ1v) is 7.38. The van der Waals surface area contributed by atoms with Crippen molar-refractivity contribution < 1.29 is 0 Å². The fraction of sp³-hybridized carbons (Fsp3) is 0.286. The van der Waals surface area contributed by atoms with Gasteiger partial charge < -0.3 is 5.73 Å². The number of hydrogen-bond acceptors (Lipinski definition) is 3. The Morgan fingerprint density at radius 2 is 2.06 bits per heavy atom. The molecule has 0 aliphatic heterocycles. The van der Waals surface area contributed by atoms with Gasteiger partial charge >= 0.3 is 0 Å². The normalized spacial score (nSPS) is 12.6. The molecule has 1 heterocycles. The Balaban J connectivity index is 2.15. The quantitative estimate of drug-likeness (QED) is 0.838. The summed E-state index contributed by atoms with van der Waals surface area (Å²) in [5, 5.41) is 0.371. The summed E-state index contributed by atoms with van der Waals surface area (Å²) in [7, 11) is 0. The van der Waals surface area contributed by atoms with Crippen LogP contribution in [-0.2, 0) is 0 Å². The van der Waals surface area contributed by atoms with Gasteiger partial charge in [0.1, 0.15) is 0 Å². The van der Waals surface area contributed by atoms with Gasteiger partial charge in [-0.25, -0.2) is 0 Å². The highest BCUT2D eigenvalue weighted by Gasteiger charge is 2.13. The highest BCUT2D eigenvalue weighted by Crippen LogP contribution is 2.37. The molecule has 1 atom stereocenters. The second-order valence-electron chi connectivity index (χ2n) is 4.11. The third kappa shape index (κ3) is 3.35. The van der Waals surface area contributed by atoms with E-state index in [4.69, 9.17) is 5.73 Å². The van der Waals surface area contributed by atoms with Crippen LogP contribution in [0.2, 0.25) is 0 Å². The molecule has 1 unspecified atom stereocenters. The Kier molecular flexibility index (Phi) is 4.26. The zero-order valence-electron chi connectivity index (χ0n) is 10.1. The molecule has 0 fully saturated rings. The van der Waals surface area contributed by atoms with Gasteiger partial charge in [-0.1, -0.05) is 17.7 Å². The SMILES string of the molecule is Cc1cccc(SC(CN)c2ccc(C)s2)c1. The summed E-state index contributed by atoms with van der Waals surface area (Å²) in [4.78, 5) is 4.02. The Bertz CT molecular complexity index is 490. The standard InChI is InChI=1S/C14H17NS2/c1-10-4-3-5-12(8-10)17-14(9-15)13-7-6-11(2)16-13/h3-8,14H,9,15H2,1-2H3. The van der Waals surface area contributed by atoms with Gasteiger partial charge in [0, 0.05) is 21.2 Å². The molecule has 1 aromatic heterocycles. The monoisotopic (exact) mass is 263 g/mol. The number of hydrogen-bond donors (Lipinski definition) is 1. The Morgan fingerprint density at radius 1 is 1.24 bits per heavy atom. The average Bonchev–Trinajstić information content (AvgIpc) is 2.73. The molecular formula is C14H17NS2. The molecule has 3 heteroatoms. The molecule has 0 bridgehead atoms. The summed E-state index contributed by atoms with van der Waals surface area (Å²) in [6.07, 6.45) is 0. The molecule has 2 N–H and O–H groups in total. The number of thiophene rings is 1. The molecule has 0 aliphatic carbocycles. The Morgan fingerprint density at radius 3 is 2.65 bits per heavy atom. The second kappa shape index (κ2) is 5.71. The van der Waals surface area contributed by atoms with Gasteiger partial charge in [0.2, 0.25) is 0 Å². The van der Waals surface area contributed by atoms with Crippen LogP contribution < -0.4 is 5.73 Å². The van der Waals surface area contributed by atoms with Gasteiger partial charge in [0.15, 0.2) is 0 Å². The lowest BCUT2D eigenvalue weighted by Crippen LogP contribution is -2.07. The van der Waals surface area contributed by atoms with Crippen molar-refractivity contribution in [3.63, 3.8) is 0 Å². The van der Waals surface area contributed by atoms with E-state index in [1.54, 1.807) is 0 Å². The highest BCUT2D eigenvalue weighted by molar-refractivity contribution is 7.99. The predicted molar refractivity (Wildman–Crippen MR) is 77.9 cm³/mol. The van der Waals surface area contributed by atoms with Crippen molar-refractivity contribution in [2.45, 2.75) is 24.0 Å². The van der Waals surface area contributed by atoms with Crippen LogP contribution in [0.1, 0.15) is 20.6 Å². The summed E-state index contributed by atoms with van der Waals surface area (Å²) in [5.74, 6) is 0. The molecule has 1 aromatic carbocycles. The minimum Gasteiger partial charge on any atom is -0.329 e. The Hall–Kier alpha value is -0.770. The Labute approximate surface area is 111 Å². The molecule has 0 aliphatic rings. The van der Waals surface area contributed by atoms with Crippen LogP contribution in [0.3, 0.4) is 0 Å². The molecule has 0 saturated heterocycles. The molecule has 0 amide bonds. The minimum atomic E-state index is 0.371. The molecule has 90 valence electrons. The molecule has 2 aromatic rings. The van der Waals surface area contributed by atoms with Crippen LogP contribution >= 0.6 is 23.1 Å². The van der Waals surface area contributed by atoms with E-state index >= 15 is 0 Å². The topological polar surface area (TPSA) is 26.0 Å². The zero-order valence-corrected chi connectivity index (χ0v) is 11.8. The van der Waals surface area contributed by atoms with E-state index in [1.165, 1.54) is 20.2 Å². The van der Waals surface area contributed by atoms with Gasteiger partial charge in [0.05, 0.1) is 5.25 Å². The van der Waals surface area contributed by atoms with Gasteiger partial charge in [-0.3, -0.25) is 0 Å². The summed E-state index contributed by atoms with van der Waals surface area (Å²) >= 11 is 3.70. The van der Waals surface area contributed by atoms with Crippen molar-refractivity contribution in [1.29, 1.82) is 0 Å². The van der Waals surface area contributed by atoms with Crippen LogP contribution in [0.5, 0.6) is 0 Å². The maximum Gasteiger partial charge on any atom is 0.0560 e. The lowest BCUT2D eigenvalue weighted by atomic mass is 10.2. The summed E-state index contributed by atoms with van der Waals surface area (Å²) in [6, 6.07) is 13.0. The molecule has 1 nitrogen and oxygen atoms in total. The van der Waals surface area contributed by atoms with Crippen LogP contribution in [0, 0.1) is 13.8 Å². The van der Waals surface area contributed by atoms with Crippen LogP contribution in [0.4, 0.5) is 0 Å². The number of rotatable bonds is 4. The third-order valence-corrected chi connectivity index (χ3v) is 5.08. The predicted octanol–water partition coefficient (Wildman–Crippen LogP) is 4.16. The van der Waals surface area contributed by atoms with Crippen molar-refractivity contribution >= 4 is 23.1 Å². The summed E-state index contributed by atoms with van der Waals surface area (Å²) in [6.45, 7) is 4.94. The first kappa shape index (κ1) is 12.7. The zero-order chi connectivity index (χ0) is 12.3. The number of aryl methyl sites for hydroxylation is 2. The number of benzene rings is 1. The molecule has 0 radical (unpaired) electrons. The lowest BCUT2D eigenvalue weighted by Gasteiger charge is -2.12. The first-order chi connectivity index (χ1) is 8.19. The fourth-order valence-corrected chi connectivity index (χ4v) is 3.89. The maximum absolute atomic E-state index is 5.89. The molecule has 17 heavy (non-hydrogen) atoms. The van der Waals surface area contributed by atoms with Crippen molar-refractivity contribution in [2.24, 2.45) is 5.73 Å². The van der Waals surface area contributed by atoms with E-state index in [0.717, 1.165) is 0 Å². The largest absolute Gasteiger partial charge is 0.329 e. The van der Waals surface area contributed by atoms with Crippen molar-refractivity contribution in [3.05, 3.63) is 51.7 Å². The van der Waals surface area contributed by atoms with E-state index in [-0.39, 0.29) is 0 Å².